The summed E-state index contributed by atoms with van der Waals surface area (Å²) in [5.74, 6) is -0.0268. The topological polar surface area (TPSA) is 97.4 Å². The van der Waals surface area contributed by atoms with Crippen LogP contribution in [0.25, 0.3) is 0 Å². The van der Waals surface area contributed by atoms with E-state index in [1.165, 1.54) is 12.3 Å². The van der Waals surface area contributed by atoms with Gasteiger partial charge in [0.15, 0.2) is 0 Å². The van der Waals surface area contributed by atoms with Crippen molar-refractivity contribution in [3.05, 3.63) is 23.0 Å². The van der Waals surface area contributed by atoms with E-state index < -0.39 is 20.2 Å². The molecule has 0 spiro atoms. The predicted octanol–water partition coefficient (Wildman–Crippen LogP) is 2.08. The fourth-order valence-electron chi connectivity index (χ4n) is 1.74. The molecule has 1 saturated carbocycles. The van der Waals surface area contributed by atoms with Crippen LogP contribution in [-0.4, -0.2) is 42.2 Å². The van der Waals surface area contributed by atoms with Crippen molar-refractivity contribution in [1.29, 1.82) is 0 Å². The smallest absolute Gasteiger partial charge is 0.254 e. The average molecular weight is 417 g/mol. The van der Waals surface area contributed by atoms with E-state index in [2.05, 4.69) is 15.0 Å². The minimum atomic E-state index is -3.84. The molecule has 7 nitrogen and oxygen atoms in total. The van der Waals surface area contributed by atoms with Gasteiger partial charge in [0.05, 0.1) is 17.8 Å². The number of nitrogens with zero attached hydrogens (tertiary/aromatic N) is 1. The first-order chi connectivity index (χ1) is 11.2. The summed E-state index contributed by atoms with van der Waals surface area (Å²) in [6.45, 7) is 1.57. The molecule has 0 unspecified atom stereocenters. The third kappa shape index (κ3) is 5.63. The van der Waals surface area contributed by atoms with Gasteiger partial charge in [0.25, 0.3) is 5.91 Å². The zero-order valence-electron chi connectivity index (χ0n) is 12.6. The highest BCUT2D eigenvalue weighted by Gasteiger charge is 2.25. The Labute approximate surface area is 155 Å². The number of rotatable bonds is 8. The van der Waals surface area contributed by atoms with Crippen molar-refractivity contribution >= 4 is 50.7 Å². The van der Waals surface area contributed by atoms with Crippen LogP contribution in [-0.2, 0) is 10.0 Å². The fraction of sp³-hybridized carbons (Fsp3) is 0.538. The summed E-state index contributed by atoms with van der Waals surface area (Å²) in [7, 11) is -3.84. The van der Waals surface area contributed by atoms with Crippen LogP contribution < -0.4 is 14.8 Å². The number of carbonyl (C=O) groups is 1. The molecule has 134 valence electrons. The first-order valence-electron chi connectivity index (χ1n) is 7.07. The third-order valence-electron chi connectivity index (χ3n) is 3.07. The van der Waals surface area contributed by atoms with Crippen LogP contribution in [0.4, 0.5) is 0 Å². The zero-order valence-corrected chi connectivity index (χ0v) is 15.7. The summed E-state index contributed by atoms with van der Waals surface area (Å²) in [5.41, 5.74) is 0.205. The molecule has 24 heavy (non-hydrogen) atoms. The summed E-state index contributed by atoms with van der Waals surface area (Å²) < 4.78 is 29.2. The second-order valence-electron chi connectivity index (χ2n) is 5.39. The van der Waals surface area contributed by atoms with E-state index in [4.69, 9.17) is 39.5 Å². The lowest BCUT2D eigenvalue weighted by Crippen LogP contribution is -2.39. The van der Waals surface area contributed by atoms with Gasteiger partial charge in [-0.1, -0.05) is 34.8 Å². The van der Waals surface area contributed by atoms with Crippen LogP contribution in [0.3, 0.4) is 0 Å². The van der Waals surface area contributed by atoms with Gasteiger partial charge in [0, 0.05) is 6.04 Å². The van der Waals surface area contributed by atoms with Crippen LogP contribution in [0.2, 0.25) is 5.15 Å². The second kappa shape index (κ2) is 8.05. The molecule has 0 saturated heterocycles. The molecule has 0 aliphatic heterocycles. The summed E-state index contributed by atoms with van der Waals surface area (Å²) in [6, 6.07) is 1.06. The van der Waals surface area contributed by atoms with Crippen LogP contribution in [0.5, 0.6) is 5.75 Å². The van der Waals surface area contributed by atoms with Crippen LogP contribution in [0.1, 0.15) is 30.1 Å². The molecule has 11 heteroatoms. The Morgan fingerprint density at radius 3 is 2.71 bits per heavy atom. The average Bonchev–Trinajstić information content (AvgIpc) is 3.29. The Kier molecular flexibility index (Phi) is 6.55. The van der Waals surface area contributed by atoms with E-state index in [9.17, 15) is 13.2 Å². The number of hydrogen-bond acceptors (Lipinski definition) is 5. The minimum Gasteiger partial charge on any atom is -0.490 e. The Bertz CT molecular complexity index is 710. The molecule has 1 aliphatic rings. The molecule has 1 aliphatic carbocycles. The Hall–Kier alpha value is -0.800. The second-order valence-corrected chi connectivity index (χ2v) is 9.16. The lowest BCUT2D eigenvalue weighted by Gasteiger charge is -2.16. The fourth-order valence-corrected chi connectivity index (χ4v) is 2.97. The number of pyridine rings is 1. The maximum absolute atomic E-state index is 12.1. The number of carbonyl (C=O) groups excluding carboxylic acids is 1. The first-order valence-corrected chi connectivity index (χ1v) is 9.87. The Balaban J connectivity index is 1.96. The van der Waals surface area contributed by atoms with Crippen molar-refractivity contribution < 1.29 is 17.9 Å². The number of sulfonamides is 1. The number of ether oxygens (including phenoxy) is 1. The molecule has 0 aromatic carbocycles. The number of aromatic nitrogens is 1. The normalized spacial score (nSPS) is 16.0. The van der Waals surface area contributed by atoms with Crippen LogP contribution in [0.15, 0.2) is 12.3 Å². The van der Waals surface area contributed by atoms with E-state index in [-0.39, 0.29) is 29.3 Å². The lowest BCUT2D eigenvalue weighted by molar-refractivity contribution is 0.0950. The number of hydrogen-bond donors (Lipinski definition) is 2. The molecule has 2 rings (SSSR count). The highest BCUT2D eigenvalue weighted by atomic mass is 35.5. The van der Waals surface area contributed by atoms with Gasteiger partial charge < -0.3 is 10.1 Å². The summed E-state index contributed by atoms with van der Waals surface area (Å²) in [4.78, 5) is 16.0. The Morgan fingerprint density at radius 1 is 1.46 bits per heavy atom. The molecular weight excluding hydrogens is 401 g/mol. The molecule has 1 amide bonds. The van der Waals surface area contributed by atoms with Gasteiger partial charge in [-0.15, -0.1) is 0 Å². The highest BCUT2D eigenvalue weighted by molar-refractivity contribution is 7.92. The van der Waals surface area contributed by atoms with E-state index in [0.29, 0.717) is 5.75 Å². The predicted molar refractivity (Wildman–Crippen MR) is 92.2 cm³/mol. The van der Waals surface area contributed by atoms with Gasteiger partial charge >= 0.3 is 0 Å². The summed E-state index contributed by atoms with van der Waals surface area (Å²) >= 11 is 16.6. The van der Waals surface area contributed by atoms with Gasteiger partial charge in [0.1, 0.15) is 17.5 Å². The molecule has 1 fully saturated rings. The monoisotopic (exact) mass is 415 g/mol. The molecule has 1 heterocycles. The van der Waals surface area contributed by atoms with Gasteiger partial charge in [-0.05, 0) is 25.8 Å². The van der Waals surface area contributed by atoms with Crippen molar-refractivity contribution in [1.82, 2.24) is 15.0 Å². The van der Waals surface area contributed by atoms with Crippen molar-refractivity contribution in [2.45, 2.75) is 36.0 Å². The number of nitrogens with one attached hydrogen (secondary N) is 2. The Morgan fingerprint density at radius 2 is 2.12 bits per heavy atom. The third-order valence-corrected chi connectivity index (χ3v) is 5.98. The largest absolute Gasteiger partial charge is 0.490 e. The van der Waals surface area contributed by atoms with Crippen molar-refractivity contribution in [2.75, 3.05) is 6.61 Å². The quantitative estimate of drug-likeness (QED) is 0.499. The number of amides is 1. The van der Waals surface area contributed by atoms with E-state index in [0.717, 1.165) is 12.8 Å². The van der Waals surface area contributed by atoms with Gasteiger partial charge in [-0.3, -0.25) is 4.79 Å². The van der Waals surface area contributed by atoms with Gasteiger partial charge in [0.2, 0.25) is 14.2 Å². The molecule has 1 aromatic rings. The summed E-state index contributed by atoms with van der Waals surface area (Å²) in [6.07, 6.45) is 3.25. The van der Waals surface area contributed by atoms with E-state index in [1.54, 1.807) is 6.92 Å². The molecule has 1 aromatic heterocycles. The number of halogens is 3. The standard InChI is InChI=1S/C13H16Cl3N3O4S/c1-7(19-24(21,22)13(15)16)6-23-9-4-10(11(14)17-5-9)12(20)18-8-2-3-8/h4-5,7-8,13,19H,2-3,6H2,1H3,(H,18,20)/t7-/m0/s1. The SMILES string of the molecule is C[C@@H](COc1cnc(Cl)c(C(=O)NC2CC2)c1)NS(=O)(=O)C(Cl)Cl. The van der Waals surface area contributed by atoms with Crippen LogP contribution in [0, 0.1) is 0 Å². The van der Waals surface area contributed by atoms with Gasteiger partial charge in [-0.25, -0.2) is 18.1 Å². The first kappa shape index (κ1) is 19.5. The molecule has 0 bridgehead atoms. The molecular formula is C13H16Cl3N3O4S. The zero-order chi connectivity index (χ0) is 17.9. The molecule has 2 N–H and O–H groups in total. The van der Waals surface area contributed by atoms with Crippen molar-refractivity contribution in [2.24, 2.45) is 0 Å². The van der Waals surface area contributed by atoms with E-state index >= 15 is 0 Å². The van der Waals surface area contributed by atoms with Crippen molar-refractivity contribution in [3.63, 3.8) is 0 Å². The maximum atomic E-state index is 12.1. The van der Waals surface area contributed by atoms with Crippen LogP contribution >= 0.6 is 34.8 Å². The van der Waals surface area contributed by atoms with Crippen molar-refractivity contribution in [3.8, 4) is 5.75 Å². The molecule has 0 radical (unpaired) electrons. The summed E-state index contributed by atoms with van der Waals surface area (Å²) in [5, 5.41) is 2.88. The van der Waals surface area contributed by atoms with Gasteiger partial charge in [-0.2, -0.15) is 0 Å². The lowest BCUT2D eigenvalue weighted by atomic mass is 10.2. The highest BCUT2D eigenvalue weighted by Crippen LogP contribution is 2.23. The molecule has 1 atom stereocenters. The minimum absolute atomic E-state index is 0.00722. The number of alkyl halides is 2. The van der Waals surface area contributed by atoms with E-state index in [1.807, 2.05) is 0 Å². The maximum Gasteiger partial charge on any atom is 0.254 e.